The Balaban J connectivity index is 1.27. The standard InChI is InChI=1S/C25H26N6O2/c1-25(2,23-5-3-4-8-27-23)30-9-10-31-20(15-30)13-21(29-31)24(32)28-19-12-18-11-17(14-26)6-7-22(18)33-16-19/h3-8,11,13,19H,9-10,12,15-16H2,1-2H3,(H,28,32)/t19-/m1/s1. The van der Waals surface area contributed by atoms with Crippen LogP contribution in [0.2, 0.25) is 0 Å². The van der Waals surface area contributed by atoms with Crippen LogP contribution in [0.3, 0.4) is 0 Å². The molecule has 4 heterocycles. The molecule has 0 saturated carbocycles. The summed E-state index contributed by atoms with van der Waals surface area (Å²) in [6.07, 6.45) is 2.44. The van der Waals surface area contributed by atoms with Gasteiger partial charge in [0.25, 0.3) is 5.91 Å². The molecule has 0 bridgehead atoms. The molecule has 168 valence electrons. The molecule has 2 aromatic heterocycles. The Labute approximate surface area is 192 Å². The molecule has 8 nitrogen and oxygen atoms in total. The van der Waals surface area contributed by atoms with Crippen molar-refractivity contribution in [3.8, 4) is 11.8 Å². The number of hydrogen-bond donors (Lipinski definition) is 1. The van der Waals surface area contributed by atoms with Crippen LogP contribution < -0.4 is 10.1 Å². The van der Waals surface area contributed by atoms with Gasteiger partial charge in [0.1, 0.15) is 12.4 Å². The van der Waals surface area contributed by atoms with E-state index in [0.29, 0.717) is 30.8 Å². The topological polar surface area (TPSA) is 96.1 Å². The van der Waals surface area contributed by atoms with Crippen molar-refractivity contribution in [1.29, 1.82) is 5.26 Å². The quantitative estimate of drug-likeness (QED) is 0.667. The summed E-state index contributed by atoms with van der Waals surface area (Å²) >= 11 is 0. The number of nitriles is 1. The van der Waals surface area contributed by atoms with E-state index >= 15 is 0 Å². The van der Waals surface area contributed by atoms with Gasteiger partial charge in [-0.3, -0.25) is 19.4 Å². The average Bonchev–Trinajstić information content (AvgIpc) is 3.28. The summed E-state index contributed by atoms with van der Waals surface area (Å²) in [5, 5.41) is 16.7. The van der Waals surface area contributed by atoms with Gasteiger partial charge < -0.3 is 10.1 Å². The summed E-state index contributed by atoms with van der Waals surface area (Å²) in [5.41, 5.74) is 3.74. The fourth-order valence-corrected chi connectivity index (χ4v) is 4.56. The molecule has 0 radical (unpaired) electrons. The molecular weight excluding hydrogens is 416 g/mol. The maximum Gasteiger partial charge on any atom is 0.272 e. The first-order valence-corrected chi connectivity index (χ1v) is 11.1. The second-order valence-electron chi connectivity index (χ2n) is 9.06. The first-order chi connectivity index (χ1) is 15.9. The monoisotopic (exact) mass is 442 g/mol. The van der Waals surface area contributed by atoms with E-state index in [4.69, 9.17) is 10.00 Å². The van der Waals surface area contributed by atoms with Crippen LogP contribution in [0.4, 0.5) is 0 Å². The lowest BCUT2D eigenvalue weighted by Crippen LogP contribution is -2.46. The largest absolute Gasteiger partial charge is 0.491 e. The van der Waals surface area contributed by atoms with Crippen molar-refractivity contribution in [2.75, 3.05) is 13.2 Å². The number of nitrogens with one attached hydrogen (secondary N) is 1. The van der Waals surface area contributed by atoms with E-state index < -0.39 is 0 Å². The second-order valence-corrected chi connectivity index (χ2v) is 9.06. The Bertz CT molecular complexity index is 1230. The molecule has 5 rings (SSSR count). The Kier molecular flexibility index (Phi) is 5.35. The summed E-state index contributed by atoms with van der Waals surface area (Å²) in [4.78, 5) is 19.9. The second kappa shape index (κ2) is 8.34. The number of aromatic nitrogens is 3. The van der Waals surface area contributed by atoms with Crippen molar-refractivity contribution in [2.24, 2.45) is 0 Å². The van der Waals surface area contributed by atoms with Crippen molar-refractivity contribution >= 4 is 5.91 Å². The normalized spacial score (nSPS) is 17.9. The number of carbonyl (C=O) groups excluding carboxylic acids is 1. The molecule has 3 aromatic rings. The number of benzene rings is 1. The van der Waals surface area contributed by atoms with E-state index in [1.807, 2.05) is 41.2 Å². The number of rotatable bonds is 4. The van der Waals surface area contributed by atoms with Crippen LogP contribution >= 0.6 is 0 Å². The highest BCUT2D eigenvalue weighted by atomic mass is 16.5. The van der Waals surface area contributed by atoms with Gasteiger partial charge in [0.2, 0.25) is 0 Å². The minimum atomic E-state index is -0.228. The van der Waals surface area contributed by atoms with Gasteiger partial charge in [0.15, 0.2) is 5.69 Å². The van der Waals surface area contributed by atoms with Crippen LogP contribution in [0, 0.1) is 11.3 Å². The third kappa shape index (κ3) is 4.08. The maximum absolute atomic E-state index is 12.9. The molecule has 0 spiro atoms. The summed E-state index contributed by atoms with van der Waals surface area (Å²) in [6.45, 7) is 6.98. The third-order valence-corrected chi connectivity index (χ3v) is 6.54. The number of hydrogen-bond acceptors (Lipinski definition) is 6. The zero-order valence-electron chi connectivity index (χ0n) is 18.8. The van der Waals surface area contributed by atoms with Gasteiger partial charge in [0.05, 0.1) is 41.1 Å². The highest BCUT2D eigenvalue weighted by molar-refractivity contribution is 5.92. The van der Waals surface area contributed by atoms with E-state index in [1.165, 1.54) is 0 Å². The molecule has 8 heteroatoms. The SMILES string of the molecule is CC(C)(c1ccccn1)N1CCn2nc(C(=O)N[C@H]3COc4ccc(C#N)cc4C3)cc2C1. The molecule has 1 aromatic carbocycles. The van der Waals surface area contributed by atoms with Crippen LogP contribution in [0.25, 0.3) is 0 Å². The van der Waals surface area contributed by atoms with Gasteiger partial charge >= 0.3 is 0 Å². The fourth-order valence-electron chi connectivity index (χ4n) is 4.56. The van der Waals surface area contributed by atoms with Gasteiger partial charge in [-0.15, -0.1) is 0 Å². The predicted octanol–water partition coefficient (Wildman–Crippen LogP) is 2.63. The molecule has 33 heavy (non-hydrogen) atoms. The van der Waals surface area contributed by atoms with Crippen molar-refractivity contribution in [2.45, 2.75) is 44.9 Å². The maximum atomic E-state index is 12.9. The van der Waals surface area contributed by atoms with Gasteiger partial charge in [-0.1, -0.05) is 6.07 Å². The van der Waals surface area contributed by atoms with E-state index in [-0.39, 0.29) is 17.5 Å². The van der Waals surface area contributed by atoms with Crippen LogP contribution in [0.5, 0.6) is 5.75 Å². The van der Waals surface area contributed by atoms with E-state index in [9.17, 15) is 4.79 Å². The molecule has 0 fully saturated rings. The average molecular weight is 443 g/mol. The number of nitrogens with zero attached hydrogens (tertiary/aromatic N) is 5. The lowest BCUT2D eigenvalue weighted by atomic mass is 9.96. The van der Waals surface area contributed by atoms with Crippen molar-refractivity contribution < 1.29 is 9.53 Å². The van der Waals surface area contributed by atoms with Gasteiger partial charge in [-0.05, 0) is 62.2 Å². The van der Waals surface area contributed by atoms with Gasteiger partial charge in [0, 0.05) is 19.3 Å². The van der Waals surface area contributed by atoms with E-state index in [1.54, 1.807) is 6.07 Å². The minimum Gasteiger partial charge on any atom is -0.491 e. The molecular formula is C25H26N6O2. The predicted molar refractivity (Wildman–Crippen MR) is 122 cm³/mol. The van der Waals surface area contributed by atoms with Gasteiger partial charge in [-0.25, -0.2) is 0 Å². The highest BCUT2D eigenvalue weighted by Crippen LogP contribution is 2.30. The molecule has 0 aliphatic carbocycles. The minimum absolute atomic E-state index is 0.169. The number of fused-ring (bicyclic) bond motifs is 2. The Morgan fingerprint density at radius 2 is 2.12 bits per heavy atom. The summed E-state index contributed by atoms with van der Waals surface area (Å²) in [7, 11) is 0. The molecule has 2 aliphatic rings. The molecule has 1 N–H and O–H groups in total. The number of ether oxygens (including phenoxy) is 1. The van der Waals surface area contributed by atoms with Crippen LogP contribution in [0.15, 0.2) is 48.7 Å². The smallest absolute Gasteiger partial charge is 0.272 e. The lowest BCUT2D eigenvalue weighted by molar-refractivity contribution is 0.0793. The van der Waals surface area contributed by atoms with E-state index in [2.05, 4.69) is 46.3 Å². The Morgan fingerprint density at radius 1 is 1.24 bits per heavy atom. The fraction of sp³-hybridized carbons (Fsp3) is 0.360. The zero-order chi connectivity index (χ0) is 23.0. The lowest BCUT2D eigenvalue weighted by Gasteiger charge is -2.40. The highest BCUT2D eigenvalue weighted by Gasteiger charge is 2.33. The number of pyridine rings is 1. The number of amides is 1. The third-order valence-electron chi connectivity index (χ3n) is 6.54. The summed E-state index contributed by atoms with van der Waals surface area (Å²) in [6, 6.07) is 15.2. The molecule has 0 unspecified atom stereocenters. The van der Waals surface area contributed by atoms with E-state index in [0.717, 1.165) is 35.8 Å². The van der Waals surface area contributed by atoms with Crippen molar-refractivity contribution in [1.82, 2.24) is 25.0 Å². The van der Waals surface area contributed by atoms with Gasteiger partial charge in [-0.2, -0.15) is 10.4 Å². The van der Waals surface area contributed by atoms with Crippen LogP contribution in [-0.4, -0.2) is 44.8 Å². The first-order valence-electron chi connectivity index (χ1n) is 11.1. The van der Waals surface area contributed by atoms with Crippen molar-refractivity contribution in [3.05, 3.63) is 76.9 Å². The Hall–Kier alpha value is -3.70. The Morgan fingerprint density at radius 3 is 2.91 bits per heavy atom. The number of carbonyl (C=O) groups is 1. The molecule has 0 saturated heterocycles. The molecule has 1 amide bonds. The van der Waals surface area contributed by atoms with Crippen LogP contribution in [0.1, 0.15) is 46.9 Å². The van der Waals surface area contributed by atoms with Crippen molar-refractivity contribution in [3.63, 3.8) is 0 Å². The first kappa shape index (κ1) is 21.2. The van der Waals surface area contributed by atoms with Crippen LogP contribution in [-0.2, 0) is 25.0 Å². The zero-order valence-corrected chi connectivity index (χ0v) is 18.8. The summed E-state index contributed by atoms with van der Waals surface area (Å²) in [5.74, 6) is 0.563. The summed E-state index contributed by atoms with van der Waals surface area (Å²) < 4.78 is 7.71. The molecule has 2 aliphatic heterocycles. The molecule has 1 atom stereocenters.